The zero-order valence-electron chi connectivity index (χ0n) is 16.0. The number of carbonyl (C=O) groups excluding carboxylic acids is 1. The molecule has 140 valence electrons. The van der Waals surface area contributed by atoms with Gasteiger partial charge in [0.25, 0.3) is 5.91 Å². The van der Waals surface area contributed by atoms with Crippen molar-refractivity contribution in [2.75, 3.05) is 53.4 Å². The largest absolute Gasteiger partial charge is 0.466 e. The van der Waals surface area contributed by atoms with Gasteiger partial charge in [-0.25, -0.2) is 0 Å². The number of furan rings is 1. The number of nitrogens with zero attached hydrogens (tertiary/aromatic N) is 3. The first kappa shape index (κ1) is 18.4. The van der Waals surface area contributed by atoms with Crippen LogP contribution in [0.5, 0.6) is 0 Å². The molecule has 25 heavy (non-hydrogen) atoms. The van der Waals surface area contributed by atoms with Crippen LogP contribution in [0.2, 0.25) is 0 Å². The van der Waals surface area contributed by atoms with E-state index in [9.17, 15) is 4.79 Å². The summed E-state index contributed by atoms with van der Waals surface area (Å²) in [6, 6.07) is 2.27. The van der Waals surface area contributed by atoms with Crippen molar-refractivity contribution >= 4 is 5.91 Å². The number of morpholine rings is 1. The normalized spacial score (nSPS) is 25.1. The highest BCUT2D eigenvalue weighted by molar-refractivity contribution is 5.95. The van der Waals surface area contributed by atoms with Gasteiger partial charge >= 0.3 is 0 Å². The molecule has 1 amide bonds. The number of likely N-dealkylation sites (tertiary alicyclic amines) is 1. The predicted molar refractivity (Wildman–Crippen MR) is 97.0 cm³/mol. The molecule has 1 aromatic heterocycles. The first-order valence-electron chi connectivity index (χ1n) is 9.32. The number of fused-ring (bicyclic) bond motifs is 1. The average molecular weight is 349 g/mol. The Morgan fingerprint density at radius 2 is 2.00 bits per heavy atom. The first-order valence-corrected chi connectivity index (χ1v) is 9.32. The molecule has 3 heterocycles. The predicted octanol–water partition coefficient (Wildman–Crippen LogP) is 1.76. The maximum Gasteiger partial charge on any atom is 0.257 e. The Morgan fingerprint density at radius 3 is 2.68 bits per heavy atom. The van der Waals surface area contributed by atoms with Gasteiger partial charge in [-0.05, 0) is 46.9 Å². The molecular weight excluding hydrogens is 318 g/mol. The minimum atomic E-state index is 0.0906. The number of aryl methyl sites for hydroxylation is 2. The molecule has 2 atom stereocenters. The molecule has 1 aromatic rings. The summed E-state index contributed by atoms with van der Waals surface area (Å²) >= 11 is 0. The van der Waals surface area contributed by atoms with E-state index >= 15 is 0 Å². The summed E-state index contributed by atoms with van der Waals surface area (Å²) in [6.45, 7) is 9.19. The third-order valence-electron chi connectivity index (χ3n) is 5.38. The molecule has 2 saturated heterocycles. The smallest absolute Gasteiger partial charge is 0.257 e. The number of ether oxygens (including phenoxy) is 1. The summed E-state index contributed by atoms with van der Waals surface area (Å²) in [5.74, 6) is 1.60. The van der Waals surface area contributed by atoms with Crippen molar-refractivity contribution in [2.24, 2.45) is 0 Å². The Kier molecular flexibility index (Phi) is 5.81. The zero-order valence-corrected chi connectivity index (χ0v) is 16.0. The van der Waals surface area contributed by atoms with Gasteiger partial charge in [-0.15, -0.1) is 0 Å². The van der Waals surface area contributed by atoms with Gasteiger partial charge in [-0.2, -0.15) is 0 Å². The summed E-state index contributed by atoms with van der Waals surface area (Å²) < 4.78 is 11.6. The molecule has 0 aromatic carbocycles. The second-order valence-electron chi connectivity index (χ2n) is 7.51. The molecule has 6 nitrogen and oxygen atoms in total. The molecule has 2 unspecified atom stereocenters. The number of carbonyl (C=O) groups is 1. The molecule has 0 N–H and O–H groups in total. The van der Waals surface area contributed by atoms with Gasteiger partial charge in [0.15, 0.2) is 0 Å². The van der Waals surface area contributed by atoms with E-state index in [0.29, 0.717) is 17.4 Å². The number of amides is 1. The molecular formula is C19H31N3O3. The van der Waals surface area contributed by atoms with Crippen LogP contribution in [0.4, 0.5) is 0 Å². The van der Waals surface area contributed by atoms with Crippen LogP contribution in [0, 0.1) is 13.8 Å². The van der Waals surface area contributed by atoms with E-state index in [-0.39, 0.29) is 12.0 Å². The number of likely N-dealkylation sites (N-methyl/N-ethyl adjacent to an activating group) is 1. The van der Waals surface area contributed by atoms with Crippen LogP contribution >= 0.6 is 0 Å². The van der Waals surface area contributed by atoms with E-state index in [1.807, 2.05) is 24.8 Å². The second-order valence-corrected chi connectivity index (χ2v) is 7.51. The van der Waals surface area contributed by atoms with E-state index in [1.165, 1.54) is 0 Å². The van der Waals surface area contributed by atoms with Crippen molar-refractivity contribution < 1.29 is 13.9 Å². The van der Waals surface area contributed by atoms with Crippen molar-refractivity contribution in [2.45, 2.75) is 38.8 Å². The van der Waals surface area contributed by atoms with Crippen LogP contribution in [0.25, 0.3) is 0 Å². The molecule has 0 bridgehead atoms. The van der Waals surface area contributed by atoms with Gasteiger partial charge < -0.3 is 19.0 Å². The van der Waals surface area contributed by atoms with Gasteiger partial charge in [-0.3, -0.25) is 9.69 Å². The van der Waals surface area contributed by atoms with Crippen LogP contribution < -0.4 is 0 Å². The molecule has 0 saturated carbocycles. The summed E-state index contributed by atoms with van der Waals surface area (Å²) in [4.78, 5) is 19.6. The summed E-state index contributed by atoms with van der Waals surface area (Å²) in [5, 5.41) is 0. The summed E-state index contributed by atoms with van der Waals surface area (Å²) in [6.07, 6.45) is 2.12. The van der Waals surface area contributed by atoms with Crippen molar-refractivity contribution in [1.29, 1.82) is 0 Å². The van der Waals surface area contributed by atoms with E-state index in [0.717, 1.165) is 57.9 Å². The Hall–Kier alpha value is -1.37. The van der Waals surface area contributed by atoms with E-state index < -0.39 is 0 Å². The number of hydrogen-bond donors (Lipinski definition) is 0. The Labute approximate surface area is 150 Å². The lowest BCUT2D eigenvalue weighted by Gasteiger charge is -2.40. The maximum atomic E-state index is 12.9. The fraction of sp³-hybridized carbons (Fsp3) is 0.737. The van der Waals surface area contributed by atoms with Gasteiger partial charge in [0, 0.05) is 38.8 Å². The molecule has 0 spiro atoms. The maximum absolute atomic E-state index is 12.9. The molecule has 2 aliphatic heterocycles. The van der Waals surface area contributed by atoms with Crippen LogP contribution in [-0.2, 0) is 4.74 Å². The molecule has 2 fully saturated rings. The quantitative estimate of drug-likeness (QED) is 0.829. The number of rotatable bonds is 4. The highest BCUT2D eigenvalue weighted by Gasteiger charge is 2.36. The van der Waals surface area contributed by atoms with E-state index in [4.69, 9.17) is 9.15 Å². The van der Waals surface area contributed by atoms with Crippen molar-refractivity contribution in [1.82, 2.24) is 14.7 Å². The number of hydrogen-bond acceptors (Lipinski definition) is 5. The minimum Gasteiger partial charge on any atom is -0.466 e. The van der Waals surface area contributed by atoms with E-state index in [2.05, 4.69) is 23.9 Å². The topological polar surface area (TPSA) is 49.2 Å². The Bertz CT molecular complexity index is 599. The lowest BCUT2D eigenvalue weighted by atomic mass is 10.0. The second kappa shape index (κ2) is 7.89. The minimum absolute atomic E-state index is 0.0906. The van der Waals surface area contributed by atoms with Gasteiger partial charge in [0.2, 0.25) is 0 Å². The van der Waals surface area contributed by atoms with Crippen molar-refractivity contribution in [3.8, 4) is 0 Å². The monoisotopic (exact) mass is 349 g/mol. The van der Waals surface area contributed by atoms with Crippen molar-refractivity contribution in [3.63, 3.8) is 0 Å². The molecule has 2 aliphatic rings. The Balaban J connectivity index is 1.66. The standard InChI is InChI=1S/C19H31N3O3/c1-14-13-16(15(2)25-14)19(23)22-7-5-17-18(6-8-22)24-12-11-21(17)10-9-20(3)4/h13,17-18H,5-12H2,1-4H3. The highest BCUT2D eigenvalue weighted by Crippen LogP contribution is 2.25. The lowest BCUT2D eigenvalue weighted by molar-refractivity contribution is -0.0724. The average Bonchev–Trinajstić information content (AvgIpc) is 2.79. The van der Waals surface area contributed by atoms with Gasteiger partial charge in [0.1, 0.15) is 11.5 Å². The van der Waals surface area contributed by atoms with Crippen LogP contribution in [0.3, 0.4) is 0 Å². The molecule has 0 radical (unpaired) electrons. The fourth-order valence-corrected chi connectivity index (χ4v) is 3.98. The zero-order chi connectivity index (χ0) is 18.0. The van der Waals surface area contributed by atoms with Crippen LogP contribution in [-0.4, -0.2) is 86.2 Å². The van der Waals surface area contributed by atoms with Gasteiger partial charge in [-0.1, -0.05) is 0 Å². The molecule has 0 aliphatic carbocycles. The van der Waals surface area contributed by atoms with Gasteiger partial charge in [0.05, 0.1) is 18.3 Å². The lowest BCUT2D eigenvalue weighted by Crippen LogP contribution is -2.52. The highest BCUT2D eigenvalue weighted by atomic mass is 16.5. The Morgan fingerprint density at radius 1 is 1.24 bits per heavy atom. The SMILES string of the molecule is Cc1cc(C(=O)N2CCC3OCCN(CCN(C)C)C3CC2)c(C)o1. The molecule has 6 heteroatoms. The van der Waals surface area contributed by atoms with Crippen LogP contribution in [0.15, 0.2) is 10.5 Å². The third kappa shape index (κ3) is 4.25. The van der Waals surface area contributed by atoms with Crippen molar-refractivity contribution in [3.05, 3.63) is 23.2 Å². The fourth-order valence-electron chi connectivity index (χ4n) is 3.98. The summed E-state index contributed by atoms with van der Waals surface area (Å²) in [7, 11) is 4.22. The third-order valence-corrected chi connectivity index (χ3v) is 5.38. The first-order chi connectivity index (χ1) is 12.0. The van der Waals surface area contributed by atoms with E-state index in [1.54, 1.807) is 0 Å². The van der Waals surface area contributed by atoms with Crippen LogP contribution in [0.1, 0.15) is 34.7 Å². The summed E-state index contributed by atoms with van der Waals surface area (Å²) in [5.41, 5.74) is 0.702. The molecule has 3 rings (SSSR count).